The Balaban J connectivity index is 1.49. The minimum absolute atomic E-state index is 0.273. The molecule has 0 aliphatic carbocycles. The number of piperidine rings is 1. The van der Waals surface area contributed by atoms with Crippen LogP contribution in [0.4, 0.5) is 0 Å². The molecule has 4 rings (SSSR count). The summed E-state index contributed by atoms with van der Waals surface area (Å²) in [5, 5.41) is 1.22. The van der Waals surface area contributed by atoms with Crippen LogP contribution in [0.1, 0.15) is 35.4 Å². The van der Waals surface area contributed by atoms with Gasteiger partial charge in [-0.15, -0.1) is 11.3 Å². The van der Waals surface area contributed by atoms with Crippen molar-refractivity contribution in [2.24, 2.45) is 5.73 Å². The fourth-order valence-electron chi connectivity index (χ4n) is 3.66. The van der Waals surface area contributed by atoms with E-state index in [0.29, 0.717) is 5.92 Å². The third-order valence-corrected chi connectivity index (χ3v) is 6.14. The van der Waals surface area contributed by atoms with Gasteiger partial charge in [0.2, 0.25) is 5.91 Å². The quantitative estimate of drug-likeness (QED) is 0.780. The Morgan fingerprint density at radius 1 is 1.08 bits per heavy atom. The van der Waals surface area contributed by atoms with Crippen molar-refractivity contribution in [1.82, 2.24) is 9.88 Å². The SMILES string of the molecule is NC(=O)[C@H](c1ccccc1)N1CCC(c2nc3ccccc3s2)CC1. The van der Waals surface area contributed by atoms with Crippen molar-refractivity contribution in [2.75, 3.05) is 13.1 Å². The van der Waals surface area contributed by atoms with Gasteiger partial charge in [0.15, 0.2) is 0 Å². The van der Waals surface area contributed by atoms with Crippen molar-refractivity contribution >= 4 is 27.5 Å². The third-order valence-electron chi connectivity index (χ3n) is 4.94. The van der Waals surface area contributed by atoms with Gasteiger partial charge in [-0.05, 0) is 43.6 Å². The zero-order valence-electron chi connectivity index (χ0n) is 14.0. The Morgan fingerprint density at radius 3 is 2.44 bits per heavy atom. The number of fused-ring (bicyclic) bond motifs is 1. The standard InChI is InChI=1S/C20H21N3OS/c21-19(24)18(14-6-2-1-3-7-14)23-12-10-15(11-13-23)20-22-16-8-4-5-9-17(16)25-20/h1-9,15,18H,10-13H2,(H2,21,24)/t18-/m0/s1. The lowest BCUT2D eigenvalue weighted by atomic mass is 9.94. The second-order valence-corrected chi connectivity index (χ2v) is 7.61. The molecule has 25 heavy (non-hydrogen) atoms. The first-order valence-corrected chi connectivity index (χ1v) is 9.48. The molecule has 1 fully saturated rings. The summed E-state index contributed by atoms with van der Waals surface area (Å²) in [5.74, 6) is 0.197. The van der Waals surface area contributed by atoms with Gasteiger partial charge < -0.3 is 5.73 Å². The van der Waals surface area contributed by atoms with Crippen LogP contribution in [-0.2, 0) is 4.79 Å². The van der Waals surface area contributed by atoms with Crippen LogP contribution >= 0.6 is 11.3 Å². The predicted octanol–water partition coefficient (Wildman–Crippen LogP) is 3.70. The van der Waals surface area contributed by atoms with Gasteiger partial charge in [-0.2, -0.15) is 0 Å². The number of benzene rings is 2. The van der Waals surface area contributed by atoms with Crippen LogP contribution in [-0.4, -0.2) is 28.9 Å². The average Bonchev–Trinajstić information content (AvgIpc) is 3.07. The van der Waals surface area contributed by atoms with Crippen LogP contribution in [0.3, 0.4) is 0 Å². The molecule has 128 valence electrons. The molecule has 0 bridgehead atoms. The first kappa shape index (κ1) is 16.2. The molecule has 0 radical (unpaired) electrons. The molecule has 1 aliphatic rings. The molecule has 3 aromatic rings. The number of nitrogens with zero attached hydrogens (tertiary/aromatic N) is 2. The number of carbonyl (C=O) groups excluding carboxylic acids is 1. The molecule has 1 atom stereocenters. The van der Waals surface area contributed by atoms with Crippen molar-refractivity contribution in [2.45, 2.75) is 24.8 Å². The average molecular weight is 351 g/mol. The van der Waals surface area contributed by atoms with Crippen molar-refractivity contribution in [1.29, 1.82) is 0 Å². The van der Waals surface area contributed by atoms with Crippen molar-refractivity contribution in [3.63, 3.8) is 0 Å². The number of hydrogen-bond donors (Lipinski definition) is 1. The topological polar surface area (TPSA) is 59.2 Å². The largest absolute Gasteiger partial charge is 0.368 e. The number of carbonyl (C=O) groups is 1. The van der Waals surface area contributed by atoms with Crippen LogP contribution in [0.2, 0.25) is 0 Å². The maximum absolute atomic E-state index is 12.0. The van der Waals surface area contributed by atoms with E-state index in [1.807, 2.05) is 36.4 Å². The predicted molar refractivity (Wildman–Crippen MR) is 102 cm³/mol. The lowest BCUT2D eigenvalue weighted by molar-refractivity contribution is -0.124. The highest BCUT2D eigenvalue weighted by Gasteiger charge is 2.31. The number of thiazole rings is 1. The van der Waals surface area contributed by atoms with Gasteiger partial charge in [-0.1, -0.05) is 42.5 Å². The van der Waals surface area contributed by atoms with E-state index < -0.39 is 0 Å². The zero-order chi connectivity index (χ0) is 17.2. The molecule has 5 heteroatoms. The van der Waals surface area contributed by atoms with Gasteiger partial charge in [0, 0.05) is 5.92 Å². The van der Waals surface area contributed by atoms with E-state index >= 15 is 0 Å². The normalized spacial score (nSPS) is 17.6. The highest BCUT2D eigenvalue weighted by Crippen LogP contribution is 2.35. The third kappa shape index (κ3) is 3.30. The van der Waals surface area contributed by atoms with Crippen molar-refractivity contribution in [3.05, 3.63) is 65.2 Å². The highest BCUT2D eigenvalue weighted by atomic mass is 32.1. The van der Waals surface area contributed by atoms with Gasteiger partial charge in [-0.25, -0.2) is 4.98 Å². The molecule has 0 unspecified atom stereocenters. The van der Waals surface area contributed by atoms with E-state index in [1.165, 1.54) is 9.71 Å². The summed E-state index contributed by atoms with van der Waals surface area (Å²) in [7, 11) is 0. The van der Waals surface area contributed by atoms with Crippen LogP contribution < -0.4 is 5.73 Å². The number of rotatable bonds is 4. The maximum atomic E-state index is 12.0. The molecule has 2 heterocycles. The zero-order valence-corrected chi connectivity index (χ0v) is 14.8. The minimum atomic E-state index is -0.336. The van der Waals surface area contributed by atoms with Crippen LogP contribution in [0.15, 0.2) is 54.6 Å². The Bertz CT molecular complexity index is 836. The summed E-state index contributed by atoms with van der Waals surface area (Å²) in [6, 6.07) is 17.8. The molecule has 2 aromatic carbocycles. The number of nitrogens with two attached hydrogens (primary N) is 1. The summed E-state index contributed by atoms with van der Waals surface area (Å²) < 4.78 is 1.25. The number of aromatic nitrogens is 1. The second-order valence-electron chi connectivity index (χ2n) is 6.55. The van der Waals surface area contributed by atoms with Crippen LogP contribution in [0, 0.1) is 0 Å². The lowest BCUT2D eigenvalue weighted by Crippen LogP contribution is -2.42. The summed E-state index contributed by atoms with van der Waals surface area (Å²) >= 11 is 1.79. The summed E-state index contributed by atoms with van der Waals surface area (Å²) in [4.78, 5) is 19.1. The Labute approximate surface area is 151 Å². The highest BCUT2D eigenvalue weighted by molar-refractivity contribution is 7.18. The smallest absolute Gasteiger partial charge is 0.239 e. The lowest BCUT2D eigenvalue weighted by Gasteiger charge is -2.35. The number of likely N-dealkylation sites (tertiary alicyclic amines) is 1. The summed E-state index contributed by atoms with van der Waals surface area (Å²) in [6.07, 6.45) is 2.02. The fraction of sp³-hybridized carbons (Fsp3) is 0.300. The molecular weight excluding hydrogens is 330 g/mol. The first-order valence-electron chi connectivity index (χ1n) is 8.66. The van der Waals surface area contributed by atoms with E-state index in [4.69, 9.17) is 10.7 Å². The molecule has 1 amide bonds. The maximum Gasteiger partial charge on any atom is 0.239 e. The summed E-state index contributed by atoms with van der Waals surface area (Å²) in [5.41, 5.74) is 7.77. The number of primary amides is 1. The fourth-order valence-corrected chi connectivity index (χ4v) is 4.80. The van der Waals surface area contributed by atoms with E-state index in [2.05, 4.69) is 23.1 Å². The molecule has 1 aliphatic heterocycles. The monoisotopic (exact) mass is 351 g/mol. The van der Waals surface area contributed by atoms with Crippen LogP contribution in [0.25, 0.3) is 10.2 Å². The van der Waals surface area contributed by atoms with Gasteiger partial charge >= 0.3 is 0 Å². The van der Waals surface area contributed by atoms with E-state index in [-0.39, 0.29) is 11.9 Å². The van der Waals surface area contributed by atoms with Gasteiger partial charge in [0.25, 0.3) is 0 Å². The molecule has 4 nitrogen and oxygen atoms in total. The van der Waals surface area contributed by atoms with Gasteiger partial charge in [-0.3, -0.25) is 9.69 Å². The number of hydrogen-bond acceptors (Lipinski definition) is 4. The molecule has 0 spiro atoms. The van der Waals surface area contributed by atoms with E-state index in [0.717, 1.165) is 37.0 Å². The Hall–Kier alpha value is -2.24. The number of para-hydroxylation sites is 1. The molecular formula is C20H21N3OS. The minimum Gasteiger partial charge on any atom is -0.368 e. The van der Waals surface area contributed by atoms with Gasteiger partial charge in [0.05, 0.1) is 15.2 Å². The van der Waals surface area contributed by atoms with E-state index in [1.54, 1.807) is 11.3 Å². The second kappa shape index (κ2) is 6.94. The van der Waals surface area contributed by atoms with Gasteiger partial charge in [0.1, 0.15) is 6.04 Å². The van der Waals surface area contributed by atoms with Crippen molar-refractivity contribution < 1.29 is 4.79 Å². The molecule has 1 saturated heterocycles. The van der Waals surface area contributed by atoms with E-state index in [9.17, 15) is 4.79 Å². The number of amides is 1. The molecule has 1 aromatic heterocycles. The first-order chi connectivity index (χ1) is 12.2. The molecule has 2 N–H and O–H groups in total. The van der Waals surface area contributed by atoms with Crippen LogP contribution in [0.5, 0.6) is 0 Å². The van der Waals surface area contributed by atoms with Crippen molar-refractivity contribution in [3.8, 4) is 0 Å². The Morgan fingerprint density at radius 2 is 1.76 bits per heavy atom. The summed E-state index contributed by atoms with van der Waals surface area (Å²) in [6.45, 7) is 1.73. The molecule has 0 saturated carbocycles. The Kier molecular flexibility index (Phi) is 4.51.